The van der Waals surface area contributed by atoms with Crippen LogP contribution in [-0.2, 0) is 16.3 Å². The molecular weight excluding hydrogens is 452 g/mol. The molecule has 1 aromatic heterocycles. The van der Waals surface area contributed by atoms with Crippen molar-refractivity contribution in [2.75, 3.05) is 26.2 Å². The van der Waals surface area contributed by atoms with E-state index >= 15 is 0 Å². The van der Waals surface area contributed by atoms with Crippen LogP contribution >= 0.6 is 22.9 Å². The lowest BCUT2D eigenvalue weighted by Gasteiger charge is -2.45. The van der Waals surface area contributed by atoms with Crippen molar-refractivity contribution in [3.63, 3.8) is 0 Å². The van der Waals surface area contributed by atoms with Crippen molar-refractivity contribution < 1.29 is 13.5 Å². The second-order valence-corrected chi connectivity index (χ2v) is 10.6. The van der Waals surface area contributed by atoms with E-state index in [0.29, 0.717) is 47.4 Å². The molecule has 0 amide bonds. The first-order valence-corrected chi connectivity index (χ1v) is 12.0. The first kappa shape index (κ1) is 23.5. The summed E-state index contributed by atoms with van der Waals surface area (Å²) in [5.41, 5.74) is 3.07. The zero-order chi connectivity index (χ0) is 23.1. The number of likely N-dealkylation sites (tertiary alicyclic amines) is 1. The molecule has 2 aliphatic rings. The molecule has 4 rings (SSSR count). The molecule has 1 saturated heterocycles. The molecular formula is C24H28ClF2N3OS. The Kier molecular flexibility index (Phi) is 6.56. The quantitative estimate of drug-likeness (QED) is 0.498. The third kappa shape index (κ3) is 4.53. The van der Waals surface area contributed by atoms with Crippen molar-refractivity contribution in [1.29, 1.82) is 5.41 Å². The van der Waals surface area contributed by atoms with Crippen molar-refractivity contribution in [2.45, 2.75) is 45.1 Å². The Bertz CT molecular complexity index is 1020. The van der Waals surface area contributed by atoms with Gasteiger partial charge in [-0.3, -0.25) is 4.99 Å². The summed E-state index contributed by atoms with van der Waals surface area (Å²) in [6.45, 7) is 7.37. The molecule has 0 bridgehead atoms. The number of hydrogen-bond acceptors (Lipinski definition) is 5. The summed E-state index contributed by atoms with van der Waals surface area (Å²) in [5, 5.41) is 8.24. The molecule has 1 unspecified atom stereocenters. The second-order valence-electron chi connectivity index (χ2n) is 8.89. The van der Waals surface area contributed by atoms with Crippen LogP contribution in [-0.4, -0.2) is 43.1 Å². The Hall–Kier alpha value is -1.67. The number of alkyl halides is 2. The highest BCUT2D eigenvalue weighted by atomic mass is 35.5. The third-order valence-electron chi connectivity index (χ3n) is 6.54. The number of rotatable bonds is 5. The Morgan fingerprint density at radius 3 is 2.59 bits per heavy atom. The van der Waals surface area contributed by atoms with Gasteiger partial charge in [0.2, 0.25) is 0 Å². The van der Waals surface area contributed by atoms with E-state index in [1.54, 1.807) is 6.92 Å². The van der Waals surface area contributed by atoms with E-state index in [2.05, 4.69) is 4.90 Å². The van der Waals surface area contributed by atoms with Gasteiger partial charge in [0.1, 0.15) is 12.2 Å². The van der Waals surface area contributed by atoms with Gasteiger partial charge in [-0.25, -0.2) is 0 Å². The van der Waals surface area contributed by atoms with Crippen LogP contribution in [0.25, 0.3) is 0 Å². The molecule has 172 valence electrons. The normalized spacial score (nSPS) is 21.1. The number of aryl methyl sites for hydroxylation is 2. The highest BCUT2D eigenvalue weighted by molar-refractivity contribution is 7.16. The molecule has 1 aromatic carbocycles. The first-order valence-electron chi connectivity index (χ1n) is 10.8. The fraction of sp³-hybridized carbons (Fsp3) is 0.500. The summed E-state index contributed by atoms with van der Waals surface area (Å²) in [6.07, 6.45) is 3.13. The predicted octanol–water partition coefficient (Wildman–Crippen LogP) is 6.49. The Morgan fingerprint density at radius 2 is 1.97 bits per heavy atom. The minimum Gasteiger partial charge on any atom is -0.363 e. The molecule has 4 nitrogen and oxygen atoms in total. The molecule has 1 atom stereocenters. The maximum atomic E-state index is 14.3. The van der Waals surface area contributed by atoms with Gasteiger partial charge < -0.3 is 15.0 Å². The number of nitrogens with one attached hydrogen (secondary N) is 1. The monoisotopic (exact) mass is 479 g/mol. The van der Waals surface area contributed by atoms with Crippen LogP contribution in [0.2, 0.25) is 4.34 Å². The van der Waals surface area contributed by atoms with Crippen molar-refractivity contribution >= 4 is 40.6 Å². The van der Waals surface area contributed by atoms with Gasteiger partial charge in [-0.2, -0.15) is 8.78 Å². The van der Waals surface area contributed by atoms with E-state index in [1.165, 1.54) is 17.4 Å². The summed E-state index contributed by atoms with van der Waals surface area (Å²) < 4.78 is 34.9. The number of halogens is 3. The Labute approximate surface area is 196 Å². The average Bonchev–Trinajstić information content (AvgIpc) is 3.15. The van der Waals surface area contributed by atoms with Crippen LogP contribution in [0.1, 0.15) is 41.3 Å². The Balaban J connectivity index is 1.46. The van der Waals surface area contributed by atoms with E-state index in [-0.39, 0.29) is 11.5 Å². The smallest absolute Gasteiger partial charge is 0.297 e. The summed E-state index contributed by atoms with van der Waals surface area (Å²) in [5.74, 6) is -3.10. The lowest BCUT2D eigenvalue weighted by molar-refractivity contribution is -0.181. The minimum absolute atomic E-state index is 0.0288. The zero-order valence-electron chi connectivity index (χ0n) is 18.6. The summed E-state index contributed by atoms with van der Waals surface area (Å²) >= 11 is 7.31. The van der Waals surface area contributed by atoms with Gasteiger partial charge in [-0.1, -0.05) is 29.8 Å². The van der Waals surface area contributed by atoms with Crippen LogP contribution < -0.4 is 0 Å². The molecule has 0 radical (unpaired) electrons. The SMILES string of the molecule is CC(=N)C(C=Nc1c(C)cccc1C)CN1CCC2(CC1)OCC(F)(F)c1cc(Cl)sc12. The average molecular weight is 480 g/mol. The van der Waals surface area contributed by atoms with Crippen LogP contribution in [0, 0.1) is 25.2 Å². The van der Waals surface area contributed by atoms with E-state index in [4.69, 9.17) is 26.7 Å². The number of benzene rings is 1. The molecule has 0 saturated carbocycles. The molecule has 2 aliphatic heterocycles. The first-order chi connectivity index (χ1) is 15.1. The van der Waals surface area contributed by atoms with E-state index in [1.807, 2.05) is 38.3 Å². The molecule has 1 spiro atoms. The van der Waals surface area contributed by atoms with Gasteiger partial charge in [0.25, 0.3) is 5.92 Å². The van der Waals surface area contributed by atoms with E-state index in [9.17, 15) is 8.78 Å². The molecule has 8 heteroatoms. The molecule has 0 aliphatic carbocycles. The van der Waals surface area contributed by atoms with E-state index in [0.717, 1.165) is 16.8 Å². The Morgan fingerprint density at radius 1 is 1.31 bits per heavy atom. The lowest BCUT2D eigenvalue weighted by atomic mass is 9.84. The summed E-state index contributed by atoms with van der Waals surface area (Å²) in [4.78, 5) is 7.56. The molecule has 2 aromatic rings. The number of hydrogen-bond donors (Lipinski definition) is 1. The van der Waals surface area contributed by atoms with Gasteiger partial charge in [0.15, 0.2) is 0 Å². The van der Waals surface area contributed by atoms with Crippen LogP contribution in [0.5, 0.6) is 0 Å². The van der Waals surface area contributed by atoms with Crippen LogP contribution in [0.4, 0.5) is 14.5 Å². The number of ether oxygens (including phenoxy) is 1. The highest BCUT2D eigenvalue weighted by Crippen LogP contribution is 2.52. The van der Waals surface area contributed by atoms with Gasteiger partial charge in [-0.15, -0.1) is 11.3 Å². The van der Waals surface area contributed by atoms with E-state index < -0.39 is 18.1 Å². The van der Waals surface area contributed by atoms with Crippen molar-refractivity contribution in [3.8, 4) is 0 Å². The number of aliphatic imine (C=N–C) groups is 1. The highest BCUT2D eigenvalue weighted by Gasteiger charge is 2.51. The fourth-order valence-corrected chi connectivity index (χ4v) is 6.04. The summed E-state index contributed by atoms with van der Waals surface area (Å²) in [7, 11) is 0. The summed E-state index contributed by atoms with van der Waals surface area (Å²) in [6, 6.07) is 7.49. The zero-order valence-corrected chi connectivity index (χ0v) is 20.1. The number of para-hydroxylation sites is 1. The minimum atomic E-state index is -2.99. The van der Waals surface area contributed by atoms with Crippen molar-refractivity contribution in [3.05, 3.63) is 50.2 Å². The molecule has 1 N–H and O–H groups in total. The number of piperidine rings is 1. The van der Waals surface area contributed by atoms with Gasteiger partial charge in [0.05, 0.1) is 10.0 Å². The van der Waals surface area contributed by atoms with Crippen LogP contribution in [0.3, 0.4) is 0 Å². The predicted molar refractivity (Wildman–Crippen MR) is 127 cm³/mol. The number of thiophene rings is 1. The van der Waals surface area contributed by atoms with Gasteiger partial charge in [0, 0.05) is 47.9 Å². The molecule has 3 heterocycles. The van der Waals surface area contributed by atoms with Gasteiger partial charge >= 0.3 is 0 Å². The standard InChI is InChI=1S/C24H28ClF2N3OS/c1-15-5-4-6-16(2)21(15)29-12-18(17(3)28)13-30-9-7-23(8-10-30)22-19(11-20(25)32-22)24(26,27)14-31-23/h4-6,11-12,18,28H,7-10,13-14H2,1-3H3. The lowest BCUT2D eigenvalue weighted by Crippen LogP contribution is -2.49. The number of fused-ring (bicyclic) bond motifs is 2. The topological polar surface area (TPSA) is 48.7 Å². The fourth-order valence-electron chi connectivity index (χ4n) is 4.56. The molecule has 32 heavy (non-hydrogen) atoms. The number of nitrogens with zero attached hydrogens (tertiary/aromatic N) is 2. The largest absolute Gasteiger partial charge is 0.363 e. The van der Waals surface area contributed by atoms with Crippen LogP contribution in [0.15, 0.2) is 29.3 Å². The maximum absolute atomic E-state index is 14.3. The van der Waals surface area contributed by atoms with Gasteiger partial charge in [-0.05, 0) is 50.8 Å². The van der Waals surface area contributed by atoms with Crippen molar-refractivity contribution in [2.24, 2.45) is 10.9 Å². The van der Waals surface area contributed by atoms with Crippen molar-refractivity contribution in [1.82, 2.24) is 4.90 Å². The molecule has 1 fully saturated rings. The second kappa shape index (κ2) is 8.93. The maximum Gasteiger partial charge on any atom is 0.297 e. The third-order valence-corrected chi connectivity index (χ3v) is 7.99.